The predicted octanol–water partition coefficient (Wildman–Crippen LogP) is 1.19. The monoisotopic (exact) mass is 968 g/mol. The van der Waals surface area contributed by atoms with Crippen LogP contribution in [0.25, 0.3) is 0 Å². The standard InChI is InChI=1S/C36H52N6O17S4/c1-8-41(26-16-30(63(37,51)52)60-34-25(26)15-21(2)62(34,49)50)35(48)57-20-56-29(46)10-9-28(45)54-19-27(44)42(36(5,6)7)17-24(59-33(47)22(3)58-23(4)43)18-55-32-31(38-61-39-32)40-11-13-53-14-12-40/h16,21-22,24,26H,8-15,17-20H2,1-7H3,(H2,37,51,52)/t21-,22-,24-,26-/m0/s1. The SMILES string of the molecule is CCN(C(=O)OCOC(=O)CCC(=O)OCC(=O)N(C[C@@H](COc1nsnc1N1CCOCC1)OC(=O)[C@H](C)OC(C)=O)C(C)(C)C)[C@H]1C=C(S(N)(=O)=O)SC2=C1C[C@H](C)S2(=O)=O. The van der Waals surface area contributed by atoms with Crippen LogP contribution in [0, 0.1) is 0 Å². The second kappa shape index (κ2) is 21.9. The van der Waals surface area contributed by atoms with E-state index in [0.29, 0.717) is 49.5 Å². The number of amides is 2. The van der Waals surface area contributed by atoms with Crippen LogP contribution in [0.2, 0.25) is 0 Å². The van der Waals surface area contributed by atoms with Crippen LogP contribution in [-0.2, 0) is 72.3 Å². The van der Waals surface area contributed by atoms with Crippen molar-refractivity contribution in [3.8, 4) is 5.88 Å². The van der Waals surface area contributed by atoms with Crippen LogP contribution in [-0.4, -0.2) is 160 Å². The van der Waals surface area contributed by atoms with E-state index in [1.807, 2.05) is 4.90 Å². The number of anilines is 1. The molecule has 1 saturated heterocycles. The molecule has 0 spiro atoms. The molecule has 352 valence electrons. The van der Waals surface area contributed by atoms with Gasteiger partial charge in [-0.3, -0.25) is 24.1 Å². The molecular weight excluding hydrogens is 917 g/mol. The first-order chi connectivity index (χ1) is 29.4. The molecule has 0 bridgehead atoms. The third kappa shape index (κ3) is 14.0. The van der Waals surface area contributed by atoms with Gasteiger partial charge in [-0.2, -0.15) is 4.37 Å². The van der Waals surface area contributed by atoms with Gasteiger partial charge in [0.25, 0.3) is 11.8 Å². The number of nitrogens with zero attached hydrogens (tertiary/aromatic N) is 5. The van der Waals surface area contributed by atoms with E-state index >= 15 is 0 Å². The smallest absolute Gasteiger partial charge is 0.413 e. The number of hydrogen-bond donors (Lipinski definition) is 1. The normalized spacial score (nSPS) is 19.4. The summed E-state index contributed by atoms with van der Waals surface area (Å²) in [5.41, 5.74) is -0.627. The second-order valence-electron chi connectivity index (χ2n) is 15.2. The van der Waals surface area contributed by atoms with Crippen molar-refractivity contribution in [1.82, 2.24) is 18.5 Å². The highest BCUT2D eigenvalue weighted by Crippen LogP contribution is 2.48. The number of aromatic nitrogens is 2. The number of thioether (sulfide) groups is 1. The lowest BCUT2D eigenvalue weighted by Gasteiger charge is -2.37. The van der Waals surface area contributed by atoms with E-state index in [-0.39, 0.29) is 36.2 Å². The van der Waals surface area contributed by atoms with Gasteiger partial charge in [0.2, 0.25) is 22.6 Å². The maximum atomic E-state index is 13.5. The molecule has 2 amide bonds. The molecule has 3 aliphatic rings. The minimum absolute atomic E-state index is 0.0322. The van der Waals surface area contributed by atoms with E-state index in [1.54, 1.807) is 27.7 Å². The number of sulfone groups is 1. The van der Waals surface area contributed by atoms with Crippen LogP contribution < -0.4 is 14.8 Å². The van der Waals surface area contributed by atoms with Crippen molar-refractivity contribution in [2.75, 3.05) is 64.3 Å². The van der Waals surface area contributed by atoms with Crippen molar-refractivity contribution in [1.29, 1.82) is 0 Å². The third-order valence-corrected chi connectivity index (χ3v) is 15.4. The molecule has 3 aliphatic heterocycles. The van der Waals surface area contributed by atoms with Gasteiger partial charge >= 0.3 is 30.0 Å². The fraction of sp³-hybridized carbons (Fsp3) is 0.667. The van der Waals surface area contributed by atoms with Gasteiger partial charge in [-0.05, 0) is 59.6 Å². The van der Waals surface area contributed by atoms with Gasteiger partial charge in [-0.1, -0.05) is 11.8 Å². The molecular formula is C36H52N6O17S4. The number of nitrogens with two attached hydrogens (primary N) is 1. The zero-order valence-electron chi connectivity index (χ0n) is 35.8. The third-order valence-electron chi connectivity index (χ3n) is 9.50. The molecule has 0 radical (unpaired) electrons. The second-order valence-corrected chi connectivity index (χ2v) is 21.2. The first-order valence-electron chi connectivity index (χ1n) is 19.5. The summed E-state index contributed by atoms with van der Waals surface area (Å²) >= 11 is 1.42. The van der Waals surface area contributed by atoms with E-state index in [1.165, 1.54) is 24.8 Å². The number of likely N-dealkylation sites (N-methyl/N-ethyl adjacent to an activating group) is 1. The Morgan fingerprint density at radius 2 is 1.68 bits per heavy atom. The van der Waals surface area contributed by atoms with E-state index in [9.17, 15) is 45.6 Å². The summed E-state index contributed by atoms with van der Waals surface area (Å²) in [6.07, 6.45) is -3.35. The molecule has 0 aliphatic carbocycles. The van der Waals surface area contributed by atoms with Gasteiger partial charge in [0.05, 0.1) is 55.6 Å². The Kier molecular flexibility index (Phi) is 17.7. The average molecular weight is 969 g/mol. The van der Waals surface area contributed by atoms with E-state index in [4.69, 9.17) is 38.3 Å². The highest BCUT2D eigenvalue weighted by atomic mass is 32.3. The van der Waals surface area contributed by atoms with E-state index in [0.717, 1.165) is 23.6 Å². The van der Waals surface area contributed by atoms with Crippen LogP contribution in [0.5, 0.6) is 5.88 Å². The fourth-order valence-corrected chi connectivity index (χ4v) is 11.3. The number of morpholine rings is 1. The van der Waals surface area contributed by atoms with Gasteiger partial charge in [0, 0.05) is 32.1 Å². The summed E-state index contributed by atoms with van der Waals surface area (Å²) in [4.78, 5) is 80.4. The summed E-state index contributed by atoms with van der Waals surface area (Å²) in [7, 11) is -8.22. The zero-order chi connectivity index (χ0) is 46.9. The minimum atomic E-state index is -4.35. The van der Waals surface area contributed by atoms with Crippen molar-refractivity contribution in [2.45, 2.75) is 96.8 Å². The van der Waals surface area contributed by atoms with Crippen LogP contribution >= 0.6 is 23.5 Å². The largest absolute Gasteiger partial charge is 0.470 e. The maximum absolute atomic E-state index is 13.5. The van der Waals surface area contributed by atoms with Gasteiger partial charge in [0.15, 0.2) is 28.7 Å². The lowest BCUT2D eigenvalue weighted by atomic mass is 10.0. The summed E-state index contributed by atoms with van der Waals surface area (Å²) in [6.45, 7) is 10.3. The molecule has 1 aromatic rings. The van der Waals surface area contributed by atoms with Crippen LogP contribution in [0.1, 0.15) is 67.7 Å². The van der Waals surface area contributed by atoms with E-state index in [2.05, 4.69) is 8.75 Å². The Labute approximate surface area is 373 Å². The molecule has 0 saturated carbocycles. The lowest BCUT2D eigenvalue weighted by molar-refractivity contribution is -0.172. The number of esters is 4. The number of sulfonamides is 1. The summed E-state index contributed by atoms with van der Waals surface area (Å²) in [5.74, 6) is -3.60. The van der Waals surface area contributed by atoms with Crippen LogP contribution in [0.4, 0.5) is 10.6 Å². The number of carbonyl (C=O) groups is 6. The molecule has 2 N–H and O–H groups in total. The Balaban J connectivity index is 1.31. The Hall–Kier alpha value is -4.57. The first kappa shape index (κ1) is 51.1. The fourth-order valence-electron chi connectivity index (χ4n) is 6.30. The molecule has 1 fully saturated rings. The maximum Gasteiger partial charge on any atom is 0.413 e. The Bertz CT molecular complexity index is 2170. The number of primary sulfonamides is 1. The first-order valence-corrected chi connectivity index (χ1v) is 24.2. The van der Waals surface area contributed by atoms with Crippen LogP contribution in [0.15, 0.2) is 20.1 Å². The highest BCUT2D eigenvalue weighted by molar-refractivity contribution is 8.27. The average Bonchev–Trinajstić information content (AvgIpc) is 3.77. The Morgan fingerprint density at radius 3 is 2.29 bits per heavy atom. The number of ether oxygens (including phenoxy) is 7. The zero-order valence-corrected chi connectivity index (χ0v) is 39.0. The van der Waals surface area contributed by atoms with Crippen molar-refractivity contribution in [3.63, 3.8) is 0 Å². The molecule has 27 heteroatoms. The topological polar surface area (TPSA) is 297 Å². The molecule has 0 unspecified atom stereocenters. The van der Waals surface area contributed by atoms with Gasteiger partial charge in [-0.25, -0.2) is 31.6 Å². The summed E-state index contributed by atoms with van der Waals surface area (Å²) in [5, 5.41) is 4.44. The van der Waals surface area contributed by atoms with Crippen molar-refractivity contribution in [2.24, 2.45) is 5.14 Å². The molecule has 4 atom stereocenters. The van der Waals surface area contributed by atoms with Crippen molar-refractivity contribution in [3.05, 3.63) is 20.1 Å². The lowest BCUT2D eigenvalue weighted by Crippen LogP contribution is -2.52. The Morgan fingerprint density at radius 1 is 1.03 bits per heavy atom. The molecule has 63 heavy (non-hydrogen) atoms. The van der Waals surface area contributed by atoms with E-state index < -0.39 is 115 Å². The summed E-state index contributed by atoms with van der Waals surface area (Å²) < 4.78 is 95.3. The quantitative estimate of drug-likeness (QED) is 0.116. The van der Waals surface area contributed by atoms with Gasteiger partial charge < -0.3 is 43.0 Å². The predicted molar refractivity (Wildman–Crippen MR) is 224 cm³/mol. The highest BCUT2D eigenvalue weighted by Gasteiger charge is 2.46. The number of hydrogen-bond acceptors (Lipinski definition) is 22. The number of carbonyl (C=O) groups excluding carboxylic acids is 6. The molecule has 4 heterocycles. The van der Waals surface area contributed by atoms with Gasteiger partial charge in [-0.15, -0.1) is 4.37 Å². The molecule has 0 aromatic carbocycles. The molecule has 4 rings (SSSR count). The van der Waals surface area contributed by atoms with Crippen molar-refractivity contribution >= 4 is 85.0 Å². The minimum Gasteiger partial charge on any atom is -0.470 e. The van der Waals surface area contributed by atoms with Crippen molar-refractivity contribution < 1.29 is 78.8 Å². The number of rotatable bonds is 19. The molecule has 23 nitrogen and oxygen atoms in total. The van der Waals surface area contributed by atoms with Gasteiger partial charge in [0.1, 0.15) is 15.1 Å². The summed E-state index contributed by atoms with van der Waals surface area (Å²) in [6, 6.07) is -1.13. The van der Waals surface area contributed by atoms with Crippen LogP contribution in [0.3, 0.4) is 0 Å². The molecule has 1 aromatic heterocycles.